The van der Waals surface area contributed by atoms with Crippen LogP contribution in [0.2, 0.25) is 0 Å². The van der Waals surface area contributed by atoms with Crippen molar-refractivity contribution in [2.24, 2.45) is 0 Å². The second kappa shape index (κ2) is 19.4. The molecule has 0 saturated carbocycles. The minimum atomic E-state index is -0.850. The maximum atomic E-state index is 13.9. The number of hydrogen-bond acceptors (Lipinski definition) is 4. The number of rotatable bonds is 20. The highest BCUT2D eigenvalue weighted by Crippen LogP contribution is 2.21. The van der Waals surface area contributed by atoms with Gasteiger partial charge in [-0.2, -0.15) is 4.39 Å². The normalized spacial score (nSPS) is 11.5. The smallest absolute Gasteiger partial charge is 0.304 e. The quantitative estimate of drug-likeness (QED) is 0.0752. The predicted octanol–water partition coefficient (Wildman–Crippen LogP) is 11.0. The zero-order valence-corrected chi connectivity index (χ0v) is 26.0. The number of nitro benzene ring substituents is 1. The number of halogens is 1. The summed E-state index contributed by atoms with van der Waals surface area (Å²) >= 11 is 0. The molecule has 2 aromatic carbocycles. The fraction of sp³-hybridized carbons (Fsp3) is 0.432. The SMILES string of the molecule is CCCCCCCCN(CCCCCCCC)c1ccc(C=Cc2ccc(C=Cc3ccc([N+](=O)[O-])c(F)c3)nc2)cc1. The van der Waals surface area contributed by atoms with E-state index < -0.39 is 16.4 Å². The summed E-state index contributed by atoms with van der Waals surface area (Å²) < 4.78 is 13.9. The van der Waals surface area contributed by atoms with Crippen molar-refractivity contribution in [2.75, 3.05) is 18.0 Å². The Hall–Kier alpha value is -3.80. The maximum Gasteiger partial charge on any atom is 0.304 e. The van der Waals surface area contributed by atoms with Crippen LogP contribution in [0.3, 0.4) is 0 Å². The number of unbranched alkanes of at least 4 members (excludes halogenated alkanes) is 10. The summed E-state index contributed by atoms with van der Waals surface area (Å²) in [4.78, 5) is 17.1. The van der Waals surface area contributed by atoms with E-state index in [0.717, 1.165) is 36.0 Å². The number of nitrogens with zero attached hydrogens (tertiary/aromatic N) is 3. The number of nitro groups is 1. The Morgan fingerprint density at radius 2 is 1.23 bits per heavy atom. The van der Waals surface area contributed by atoms with Gasteiger partial charge in [0.2, 0.25) is 5.82 Å². The van der Waals surface area contributed by atoms with E-state index in [-0.39, 0.29) is 0 Å². The highest BCUT2D eigenvalue weighted by molar-refractivity contribution is 5.72. The van der Waals surface area contributed by atoms with Crippen LogP contribution in [0.15, 0.2) is 60.8 Å². The van der Waals surface area contributed by atoms with E-state index in [1.807, 2.05) is 18.2 Å². The molecule has 0 radical (unpaired) electrons. The molecule has 0 aliphatic carbocycles. The molecular weight excluding hydrogens is 537 g/mol. The van der Waals surface area contributed by atoms with Crippen molar-refractivity contribution in [3.63, 3.8) is 0 Å². The lowest BCUT2D eigenvalue weighted by atomic mass is 10.1. The molecule has 1 aromatic heterocycles. The molecule has 43 heavy (non-hydrogen) atoms. The van der Waals surface area contributed by atoms with Gasteiger partial charge in [-0.15, -0.1) is 0 Å². The Bertz CT molecular complexity index is 1270. The number of hydrogen-bond donors (Lipinski definition) is 0. The number of aromatic nitrogens is 1. The Balaban J connectivity index is 1.55. The first-order valence-corrected chi connectivity index (χ1v) is 16.1. The van der Waals surface area contributed by atoms with Crippen LogP contribution < -0.4 is 4.90 Å². The van der Waals surface area contributed by atoms with Crippen molar-refractivity contribution in [3.8, 4) is 0 Å². The van der Waals surface area contributed by atoms with Gasteiger partial charge >= 0.3 is 5.69 Å². The molecule has 230 valence electrons. The first kappa shape index (κ1) is 33.7. The second-order valence-electron chi connectivity index (χ2n) is 11.3. The van der Waals surface area contributed by atoms with Gasteiger partial charge in [-0.3, -0.25) is 15.1 Å². The van der Waals surface area contributed by atoms with Crippen molar-refractivity contribution in [1.29, 1.82) is 0 Å². The van der Waals surface area contributed by atoms with Gasteiger partial charge in [0.05, 0.1) is 10.6 Å². The molecule has 0 aliphatic rings. The van der Waals surface area contributed by atoms with Gasteiger partial charge in [0.15, 0.2) is 0 Å². The Morgan fingerprint density at radius 1 is 0.698 bits per heavy atom. The zero-order valence-electron chi connectivity index (χ0n) is 26.0. The lowest BCUT2D eigenvalue weighted by Gasteiger charge is -2.25. The van der Waals surface area contributed by atoms with E-state index in [4.69, 9.17) is 0 Å². The van der Waals surface area contributed by atoms with E-state index in [1.165, 1.54) is 94.9 Å². The molecule has 0 bridgehead atoms. The van der Waals surface area contributed by atoms with E-state index in [0.29, 0.717) is 5.56 Å². The lowest BCUT2D eigenvalue weighted by Crippen LogP contribution is -2.25. The van der Waals surface area contributed by atoms with Crippen molar-refractivity contribution in [2.45, 2.75) is 90.9 Å². The van der Waals surface area contributed by atoms with Crippen LogP contribution in [0.4, 0.5) is 15.8 Å². The summed E-state index contributed by atoms with van der Waals surface area (Å²) in [5.74, 6) is -0.850. The van der Waals surface area contributed by atoms with Crippen LogP contribution in [0.1, 0.15) is 113 Å². The summed E-state index contributed by atoms with van der Waals surface area (Å²) in [5.41, 5.74) is 4.16. The molecule has 6 heteroatoms. The first-order valence-electron chi connectivity index (χ1n) is 16.1. The molecule has 0 amide bonds. The van der Waals surface area contributed by atoms with Crippen LogP contribution in [0.25, 0.3) is 24.3 Å². The molecule has 0 saturated heterocycles. The zero-order chi connectivity index (χ0) is 30.7. The third-order valence-electron chi connectivity index (χ3n) is 7.71. The van der Waals surface area contributed by atoms with Gasteiger partial charge < -0.3 is 4.90 Å². The number of pyridine rings is 1. The fourth-order valence-electron chi connectivity index (χ4n) is 5.10. The highest BCUT2D eigenvalue weighted by Gasteiger charge is 2.12. The second-order valence-corrected chi connectivity index (χ2v) is 11.3. The minimum absolute atomic E-state index is 0.528. The molecule has 3 rings (SSSR count). The monoisotopic (exact) mass is 585 g/mol. The molecular formula is C37H48FN3O2. The van der Waals surface area contributed by atoms with Crippen LogP contribution in [0, 0.1) is 15.9 Å². The summed E-state index contributed by atoms with van der Waals surface area (Å²) in [5, 5.41) is 10.8. The van der Waals surface area contributed by atoms with E-state index in [9.17, 15) is 14.5 Å². The molecule has 0 atom stereocenters. The molecule has 5 nitrogen and oxygen atoms in total. The van der Waals surface area contributed by atoms with Crippen molar-refractivity contribution in [1.82, 2.24) is 4.98 Å². The summed E-state index contributed by atoms with van der Waals surface area (Å²) in [6, 6.07) is 16.6. The summed E-state index contributed by atoms with van der Waals surface area (Å²) in [7, 11) is 0. The number of anilines is 1. The van der Waals surface area contributed by atoms with Gasteiger partial charge in [-0.1, -0.05) is 114 Å². The van der Waals surface area contributed by atoms with Crippen LogP contribution in [-0.2, 0) is 0 Å². The predicted molar refractivity (Wildman–Crippen MR) is 181 cm³/mol. The van der Waals surface area contributed by atoms with Gasteiger partial charge in [0.25, 0.3) is 0 Å². The van der Waals surface area contributed by atoms with Crippen LogP contribution in [0.5, 0.6) is 0 Å². The van der Waals surface area contributed by atoms with E-state index >= 15 is 0 Å². The maximum absolute atomic E-state index is 13.9. The molecule has 0 N–H and O–H groups in total. The average Bonchev–Trinajstić information content (AvgIpc) is 3.02. The van der Waals surface area contributed by atoms with Gasteiger partial charge in [0, 0.05) is 31.0 Å². The van der Waals surface area contributed by atoms with Crippen molar-refractivity contribution < 1.29 is 9.31 Å². The Morgan fingerprint density at radius 3 is 1.79 bits per heavy atom. The molecule has 0 aliphatic heterocycles. The van der Waals surface area contributed by atoms with Crippen LogP contribution in [-0.4, -0.2) is 23.0 Å². The topological polar surface area (TPSA) is 59.3 Å². The molecule has 0 unspecified atom stereocenters. The van der Waals surface area contributed by atoms with Crippen LogP contribution >= 0.6 is 0 Å². The standard InChI is InChI=1S/C37H48FN3O2/c1-3-5-7-9-11-13-27-40(28-14-12-10-8-6-4-2)35-24-19-31(20-25-35)15-16-33-18-23-34(39-30-33)22-17-32-21-26-37(41(42)43)36(38)29-32/h15-26,29-30H,3-14,27-28H2,1-2H3. The molecule has 1 heterocycles. The molecule has 0 spiro atoms. The van der Waals surface area contributed by atoms with Gasteiger partial charge in [-0.05, 0) is 65.9 Å². The Kier molecular flexibility index (Phi) is 15.2. The third-order valence-corrected chi connectivity index (χ3v) is 7.71. The largest absolute Gasteiger partial charge is 0.372 e. The Labute approximate surface area is 257 Å². The van der Waals surface area contributed by atoms with E-state index in [1.54, 1.807) is 18.3 Å². The lowest BCUT2D eigenvalue weighted by molar-refractivity contribution is -0.387. The number of benzene rings is 2. The summed E-state index contributed by atoms with van der Waals surface area (Å²) in [6.45, 7) is 6.79. The first-order chi connectivity index (χ1) is 21.0. The molecule has 3 aromatic rings. The third kappa shape index (κ3) is 12.5. The highest BCUT2D eigenvalue weighted by atomic mass is 19.1. The minimum Gasteiger partial charge on any atom is -0.372 e. The fourth-order valence-corrected chi connectivity index (χ4v) is 5.10. The average molecular weight is 586 g/mol. The van der Waals surface area contributed by atoms with Gasteiger partial charge in [0.1, 0.15) is 0 Å². The van der Waals surface area contributed by atoms with Crippen molar-refractivity contribution >= 4 is 35.7 Å². The van der Waals surface area contributed by atoms with E-state index in [2.05, 4.69) is 54.1 Å². The van der Waals surface area contributed by atoms with Gasteiger partial charge in [-0.25, -0.2) is 0 Å². The summed E-state index contributed by atoms with van der Waals surface area (Å²) in [6.07, 6.45) is 25.2. The molecule has 0 fully saturated rings. The van der Waals surface area contributed by atoms with Crippen molar-refractivity contribution in [3.05, 3.63) is 99.1 Å².